The fourth-order valence-electron chi connectivity index (χ4n) is 1.74. The van der Waals surface area contributed by atoms with Crippen LogP contribution in [0.2, 0.25) is 0 Å². The third-order valence-electron chi connectivity index (χ3n) is 3.07. The van der Waals surface area contributed by atoms with E-state index in [1.165, 1.54) is 7.11 Å². The van der Waals surface area contributed by atoms with Crippen LogP contribution < -0.4 is 9.47 Å². The van der Waals surface area contributed by atoms with E-state index in [9.17, 15) is 22.8 Å². The van der Waals surface area contributed by atoms with Crippen molar-refractivity contribution in [3.63, 3.8) is 0 Å². The van der Waals surface area contributed by atoms with Gasteiger partial charge in [-0.15, -0.1) is 0 Å². The minimum Gasteiger partial charge on any atom is -0.493 e. The topological polar surface area (TPSA) is 61.8 Å². The Kier molecular flexibility index (Phi) is 7.06. The second-order valence-corrected chi connectivity index (χ2v) is 5.16. The highest BCUT2D eigenvalue weighted by Crippen LogP contribution is 2.28. The van der Waals surface area contributed by atoms with Gasteiger partial charge in [-0.2, -0.15) is 13.2 Å². The molecule has 0 radical (unpaired) electrons. The van der Waals surface area contributed by atoms with Crippen molar-refractivity contribution in [2.24, 2.45) is 0 Å². The van der Waals surface area contributed by atoms with Crippen LogP contribution in [0.15, 0.2) is 18.2 Å². The average Bonchev–Trinajstić information content (AvgIpc) is 2.46. The van der Waals surface area contributed by atoms with Crippen LogP contribution in [0.25, 0.3) is 0 Å². The Bertz CT molecular complexity index is 584. The van der Waals surface area contributed by atoms with Crippen LogP contribution in [0.3, 0.4) is 0 Å². The van der Waals surface area contributed by atoms with Gasteiger partial charge >= 0.3 is 18.1 Å². The highest BCUT2D eigenvalue weighted by Gasteiger charge is 2.38. The molecule has 0 bridgehead atoms. The second kappa shape index (κ2) is 8.56. The van der Waals surface area contributed by atoms with E-state index in [2.05, 4.69) is 4.74 Å². The smallest absolute Gasteiger partial charge is 0.425 e. The van der Waals surface area contributed by atoms with E-state index in [-0.39, 0.29) is 25.0 Å². The summed E-state index contributed by atoms with van der Waals surface area (Å²) >= 11 is 0. The number of ether oxygens (including phenoxy) is 3. The van der Waals surface area contributed by atoms with Crippen molar-refractivity contribution >= 4 is 11.9 Å². The molecule has 0 aliphatic rings. The third kappa shape index (κ3) is 6.47. The molecule has 0 saturated heterocycles. The second-order valence-electron chi connectivity index (χ2n) is 5.16. The summed E-state index contributed by atoms with van der Waals surface area (Å²) in [4.78, 5) is 23.0. The minimum absolute atomic E-state index is 0.0242. The molecule has 0 heterocycles. The molecule has 0 amide bonds. The van der Waals surface area contributed by atoms with Crippen LogP contribution in [0, 0.1) is 6.92 Å². The molecule has 1 aromatic carbocycles. The van der Waals surface area contributed by atoms with Crippen LogP contribution in [0.1, 0.15) is 31.7 Å². The number of rotatable bonds is 7. The lowest BCUT2D eigenvalue weighted by Crippen LogP contribution is -2.30. The van der Waals surface area contributed by atoms with E-state index in [1.54, 1.807) is 18.2 Å². The van der Waals surface area contributed by atoms with E-state index in [4.69, 9.17) is 9.47 Å². The van der Waals surface area contributed by atoms with Crippen molar-refractivity contribution < 1.29 is 37.0 Å². The number of carbonyl (C=O) groups excluding carboxylic acids is 2. The van der Waals surface area contributed by atoms with Gasteiger partial charge in [0.1, 0.15) is 0 Å². The standard InChI is InChI=1S/C16H19F3O5/c1-10-7-8-12(22-3)13(9-10)24-15(21)6-4-5-14(20)23-11(2)16(17,18)19/h7-9,11H,4-6H2,1-3H3. The molecule has 1 rings (SSSR count). The van der Waals surface area contributed by atoms with Crippen molar-refractivity contribution in [3.8, 4) is 11.5 Å². The Morgan fingerprint density at radius 1 is 1.12 bits per heavy atom. The maximum absolute atomic E-state index is 12.2. The maximum atomic E-state index is 12.2. The van der Waals surface area contributed by atoms with Crippen molar-refractivity contribution in [1.29, 1.82) is 0 Å². The summed E-state index contributed by atoms with van der Waals surface area (Å²) in [5.41, 5.74) is 0.864. The summed E-state index contributed by atoms with van der Waals surface area (Å²) in [5.74, 6) is -1.00. The van der Waals surface area contributed by atoms with Crippen molar-refractivity contribution in [2.45, 2.75) is 45.4 Å². The first-order valence-electron chi connectivity index (χ1n) is 7.25. The molecule has 0 spiro atoms. The first kappa shape index (κ1) is 19.8. The Morgan fingerprint density at radius 3 is 2.33 bits per heavy atom. The Hall–Kier alpha value is -2.25. The predicted molar refractivity (Wildman–Crippen MR) is 78.8 cm³/mol. The van der Waals surface area contributed by atoms with Gasteiger partial charge in [-0.25, -0.2) is 0 Å². The molecule has 0 N–H and O–H groups in total. The summed E-state index contributed by atoms with van der Waals surface area (Å²) < 4.78 is 51.2. The van der Waals surface area contributed by atoms with Gasteiger partial charge in [0.05, 0.1) is 7.11 Å². The molecule has 24 heavy (non-hydrogen) atoms. The van der Waals surface area contributed by atoms with Crippen LogP contribution in [0.4, 0.5) is 13.2 Å². The normalized spacial score (nSPS) is 12.4. The SMILES string of the molecule is COc1ccc(C)cc1OC(=O)CCCC(=O)OC(C)C(F)(F)F. The number of methoxy groups -OCH3 is 1. The van der Waals surface area contributed by atoms with Gasteiger partial charge in [-0.1, -0.05) is 6.07 Å². The quantitative estimate of drug-likeness (QED) is 0.557. The van der Waals surface area contributed by atoms with Crippen molar-refractivity contribution in [1.82, 2.24) is 0 Å². The number of alkyl halides is 3. The van der Waals surface area contributed by atoms with Crippen molar-refractivity contribution in [3.05, 3.63) is 23.8 Å². The van der Waals surface area contributed by atoms with Crippen LogP contribution in [-0.2, 0) is 14.3 Å². The van der Waals surface area contributed by atoms with Crippen LogP contribution in [0.5, 0.6) is 11.5 Å². The number of benzene rings is 1. The molecule has 0 aromatic heterocycles. The summed E-state index contributed by atoms with van der Waals surface area (Å²) in [7, 11) is 1.43. The number of carbonyl (C=O) groups is 2. The molecular weight excluding hydrogens is 329 g/mol. The number of aryl methyl sites for hydroxylation is 1. The molecule has 0 aliphatic heterocycles. The molecule has 134 valence electrons. The van der Waals surface area contributed by atoms with Gasteiger partial charge in [0, 0.05) is 12.8 Å². The van der Waals surface area contributed by atoms with Crippen LogP contribution >= 0.6 is 0 Å². The lowest BCUT2D eigenvalue weighted by Gasteiger charge is -2.16. The number of halogens is 3. The zero-order chi connectivity index (χ0) is 18.3. The molecular formula is C16H19F3O5. The van der Waals surface area contributed by atoms with E-state index in [0.29, 0.717) is 5.75 Å². The highest BCUT2D eigenvalue weighted by atomic mass is 19.4. The molecule has 0 fully saturated rings. The van der Waals surface area contributed by atoms with Crippen molar-refractivity contribution in [2.75, 3.05) is 7.11 Å². The number of hydrogen-bond donors (Lipinski definition) is 0. The molecule has 1 atom stereocenters. The molecule has 5 nitrogen and oxygen atoms in total. The number of hydrogen-bond acceptors (Lipinski definition) is 5. The molecule has 0 saturated carbocycles. The van der Waals surface area contributed by atoms with E-state index >= 15 is 0 Å². The van der Waals surface area contributed by atoms with Gasteiger partial charge in [0.2, 0.25) is 0 Å². The molecule has 8 heteroatoms. The monoisotopic (exact) mass is 348 g/mol. The fourth-order valence-corrected chi connectivity index (χ4v) is 1.74. The Balaban J connectivity index is 2.42. The Morgan fingerprint density at radius 2 is 1.75 bits per heavy atom. The molecule has 1 aromatic rings. The lowest BCUT2D eigenvalue weighted by atomic mass is 10.2. The summed E-state index contributed by atoms with van der Waals surface area (Å²) in [6, 6.07) is 5.05. The average molecular weight is 348 g/mol. The fraction of sp³-hybridized carbons (Fsp3) is 0.500. The first-order chi connectivity index (χ1) is 11.1. The minimum atomic E-state index is -4.60. The van der Waals surface area contributed by atoms with Crippen LogP contribution in [-0.4, -0.2) is 31.3 Å². The summed E-state index contributed by atoms with van der Waals surface area (Å²) in [6.45, 7) is 2.56. The third-order valence-corrected chi connectivity index (χ3v) is 3.07. The first-order valence-corrected chi connectivity index (χ1v) is 7.25. The zero-order valence-corrected chi connectivity index (χ0v) is 13.6. The maximum Gasteiger partial charge on any atom is 0.425 e. The predicted octanol–water partition coefficient (Wildman–Crippen LogP) is 3.57. The Labute approximate surface area is 137 Å². The largest absolute Gasteiger partial charge is 0.493 e. The van der Waals surface area contributed by atoms with Gasteiger partial charge in [-0.05, 0) is 38.0 Å². The zero-order valence-electron chi connectivity index (χ0n) is 13.6. The molecule has 0 aliphatic carbocycles. The van der Waals surface area contributed by atoms with E-state index in [1.807, 2.05) is 6.92 Å². The summed E-state index contributed by atoms with van der Waals surface area (Å²) in [6.07, 6.45) is -7.19. The van der Waals surface area contributed by atoms with Gasteiger partial charge in [0.15, 0.2) is 17.6 Å². The van der Waals surface area contributed by atoms with E-state index < -0.39 is 24.2 Å². The van der Waals surface area contributed by atoms with Gasteiger partial charge < -0.3 is 14.2 Å². The number of esters is 2. The van der Waals surface area contributed by atoms with Gasteiger partial charge in [-0.3, -0.25) is 9.59 Å². The lowest BCUT2D eigenvalue weighted by molar-refractivity contribution is -0.216. The van der Waals surface area contributed by atoms with E-state index in [0.717, 1.165) is 12.5 Å². The van der Waals surface area contributed by atoms with Gasteiger partial charge in [0.25, 0.3) is 0 Å². The molecule has 1 unspecified atom stereocenters. The summed E-state index contributed by atoms with van der Waals surface area (Å²) in [5, 5.41) is 0. The highest BCUT2D eigenvalue weighted by molar-refractivity contribution is 5.75.